The standard InChI is InChI=1S/C26H34N2O5/c1-31-19-9-7-18(8-10-19)27-24(29)17-28-15-14-26(30)13-5-4-6-22(26)25(28)21-12-11-20(32-2)16-23(21)33-3/h7-12,16,22,25,30H,4-6,13-15,17H2,1-3H3,(H,27,29)/t22-,25-,26-/m0/s1. The topological polar surface area (TPSA) is 80.3 Å². The lowest BCUT2D eigenvalue weighted by atomic mass is 9.66. The van der Waals surface area contributed by atoms with E-state index in [1.165, 1.54) is 0 Å². The van der Waals surface area contributed by atoms with Crippen LogP contribution in [0.2, 0.25) is 0 Å². The lowest BCUT2D eigenvalue weighted by molar-refractivity contribution is -0.135. The summed E-state index contributed by atoms with van der Waals surface area (Å²) in [6.07, 6.45) is 4.51. The number of nitrogens with one attached hydrogen (secondary N) is 1. The van der Waals surface area contributed by atoms with Crippen molar-refractivity contribution < 1.29 is 24.1 Å². The molecule has 1 aliphatic carbocycles. The molecule has 2 fully saturated rings. The average molecular weight is 455 g/mol. The predicted molar refractivity (Wildman–Crippen MR) is 127 cm³/mol. The average Bonchev–Trinajstić information content (AvgIpc) is 2.84. The Hall–Kier alpha value is -2.77. The Kier molecular flexibility index (Phi) is 7.10. The molecule has 0 bridgehead atoms. The summed E-state index contributed by atoms with van der Waals surface area (Å²) in [5, 5.41) is 14.5. The second-order valence-corrected chi connectivity index (χ2v) is 9.01. The Morgan fingerprint density at radius 1 is 1.03 bits per heavy atom. The maximum absolute atomic E-state index is 13.0. The largest absolute Gasteiger partial charge is 0.497 e. The molecule has 2 N–H and O–H groups in total. The number of piperidine rings is 1. The highest BCUT2D eigenvalue weighted by molar-refractivity contribution is 5.92. The third kappa shape index (κ3) is 4.94. The van der Waals surface area contributed by atoms with Crippen LogP contribution in [0.1, 0.15) is 43.7 Å². The summed E-state index contributed by atoms with van der Waals surface area (Å²) in [5.74, 6) is 2.13. The number of carbonyl (C=O) groups excluding carboxylic acids is 1. The molecule has 3 atom stereocenters. The first-order valence-electron chi connectivity index (χ1n) is 11.6. The number of aliphatic hydroxyl groups is 1. The van der Waals surface area contributed by atoms with Crippen LogP contribution in [0.25, 0.3) is 0 Å². The molecule has 0 spiro atoms. The summed E-state index contributed by atoms with van der Waals surface area (Å²) in [4.78, 5) is 15.2. The van der Waals surface area contributed by atoms with Crippen LogP contribution in [0.15, 0.2) is 42.5 Å². The van der Waals surface area contributed by atoms with E-state index in [1.54, 1.807) is 21.3 Å². The van der Waals surface area contributed by atoms with Crippen LogP contribution in [0, 0.1) is 5.92 Å². The van der Waals surface area contributed by atoms with Gasteiger partial charge in [0, 0.05) is 35.8 Å². The molecule has 1 saturated heterocycles. The van der Waals surface area contributed by atoms with Crippen molar-refractivity contribution in [3.05, 3.63) is 48.0 Å². The lowest BCUT2D eigenvalue weighted by Crippen LogP contribution is -2.56. The minimum Gasteiger partial charge on any atom is -0.497 e. The molecular formula is C26H34N2O5. The van der Waals surface area contributed by atoms with Gasteiger partial charge in [-0.05, 0) is 49.6 Å². The van der Waals surface area contributed by atoms with Gasteiger partial charge in [0.1, 0.15) is 17.2 Å². The molecule has 1 amide bonds. The third-order valence-corrected chi connectivity index (χ3v) is 7.15. The molecule has 7 heteroatoms. The summed E-state index contributed by atoms with van der Waals surface area (Å²) < 4.78 is 16.3. The van der Waals surface area contributed by atoms with Crippen LogP contribution in [-0.2, 0) is 4.79 Å². The normalized spacial score (nSPS) is 25.1. The van der Waals surface area contributed by atoms with Gasteiger partial charge < -0.3 is 24.6 Å². The first kappa shape index (κ1) is 23.4. The van der Waals surface area contributed by atoms with Crippen molar-refractivity contribution in [2.75, 3.05) is 39.7 Å². The molecule has 1 heterocycles. The van der Waals surface area contributed by atoms with Gasteiger partial charge in [-0.3, -0.25) is 9.69 Å². The molecule has 2 aliphatic rings. The highest BCUT2D eigenvalue weighted by atomic mass is 16.5. The summed E-state index contributed by atoms with van der Waals surface area (Å²) in [7, 11) is 4.89. The van der Waals surface area contributed by atoms with Gasteiger partial charge in [-0.25, -0.2) is 0 Å². The smallest absolute Gasteiger partial charge is 0.238 e. The summed E-state index contributed by atoms with van der Waals surface area (Å²) in [6.45, 7) is 0.876. The number of fused-ring (bicyclic) bond motifs is 1. The van der Waals surface area contributed by atoms with Crippen LogP contribution in [0.5, 0.6) is 17.2 Å². The number of carbonyl (C=O) groups is 1. The van der Waals surface area contributed by atoms with Gasteiger partial charge in [-0.1, -0.05) is 18.9 Å². The van der Waals surface area contributed by atoms with Gasteiger partial charge in [0.05, 0.1) is 33.5 Å². The van der Waals surface area contributed by atoms with Crippen LogP contribution >= 0.6 is 0 Å². The number of ether oxygens (including phenoxy) is 3. The second-order valence-electron chi connectivity index (χ2n) is 9.01. The fourth-order valence-electron chi connectivity index (χ4n) is 5.46. The number of nitrogens with zero attached hydrogens (tertiary/aromatic N) is 1. The van der Waals surface area contributed by atoms with Gasteiger partial charge in [-0.2, -0.15) is 0 Å². The monoisotopic (exact) mass is 454 g/mol. The van der Waals surface area contributed by atoms with E-state index in [0.29, 0.717) is 18.7 Å². The number of anilines is 1. The molecule has 4 rings (SSSR count). The fourth-order valence-corrected chi connectivity index (χ4v) is 5.46. The number of likely N-dealkylation sites (tertiary alicyclic amines) is 1. The Morgan fingerprint density at radius 2 is 1.76 bits per heavy atom. The zero-order valence-corrected chi connectivity index (χ0v) is 19.7. The molecule has 2 aromatic carbocycles. The predicted octanol–water partition coefficient (Wildman–Crippen LogP) is 4.02. The van der Waals surface area contributed by atoms with E-state index in [2.05, 4.69) is 10.2 Å². The molecule has 1 aliphatic heterocycles. The van der Waals surface area contributed by atoms with Crippen LogP contribution < -0.4 is 19.5 Å². The van der Waals surface area contributed by atoms with Crippen molar-refractivity contribution in [3.63, 3.8) is 0 Å². The zero-order chi connectivity index (χ0) is 23.4. The van der Waals surface area contributed by atoms with Crippen molar-refractivity contribution in [3.8, 4) is 17.2 Å². The maximum Gasteiger partial charge on any atom is 0.238 e. The van der Waals surface area contributed by atoms with E-state index in [-0.39, 0.29) is 24.4 Å². The summed E-state index contributed by atoms with van der Waals surface area (Å²) in [5.41, 5.74) is 1.00. The van der Waals surface area contributed by atoms with Crippen molar-refractivity contribution in [1.29, 1.82) is 0 Å². The minimum absolute atomic E-state index is 0.0380. The number of amides is 1. The van der Waals surface area contributed by atoms with E-state index in [1.807, 2.05) is 42.5 Å². The Labute approximate surface area is 195 Å². The zero-order valence-electron chi connectivity index (χ0n) is 19.7. The van der Waals surface area contributed by atoms with Crippen molar-refractivity contribution in [2.24, 2.45) is 5.92 Å². The maximum atomic E-state index is 13.0. The van der Waals surface area contributed by atoms with Crippen LogP contribution in [0.4, 0.5) is 5.69 Å². The first-order valence-corrected chi connectivity index (χ1v) is 11.6. The van der Waals surface area contributed by atoms with E-state index < -0.39 is 5.60 Å². The molecule has 0 aromatic heterocycles. The highest BCUT2D eigenvalue weighted by Gasteiger charge is 2.49. The van der Waals surface area contributed by atoms with Crippen LogP contribution in [-0.4, -0.2) is 55.9 Å². The summed E-state index contributed by atoms with van der Waals surface area (Å²) in [6, 6.07) is 13.0. The highest BCUT2D eigenvalue weighted by Crippen LogP contribution is 2.51. The number of hydrogen-bond acceptors (Lipinski definition) is 6. The van der Waals surface area contributed by atoms with E-state index in [9.17, 15) is 9.90 Å². The SMILES string of the molecule is COc1ccc(NC(=O)CN2CC[C@@]3(O)CCCC[C@H]3[C@@H]2c2ccc(OC)cc2OC)cc1. The Balaban J connectivity index is 1.60. The molecule has 1 saturated carbocycles. The minimum atomic E-state index is -0.711. The van der Waals surface area contributed by atoms with Crippen molar-refractivity contribution >= 4 is 11.6 Å². The first-order chi connectivity index (χ1) is 16.0. The van der Waals surface area contributed by atoms with Gasteiger partial charge in [0.25, 0.3) is 0 Å². The quantitative estimate of drug-likeness (QED) is 0.658. The van der Waals surface area contributed by atoms with Crippen LogP contribution in [0.3, 0.4) is 0 Å². The van der Waals surface area contributed by atoms with Gasteiger partial charge in [0.15, 0.2) is 0 Å². The number of benzene rings is 2. The van der Waals surface area contributed by atoms with Gasteiger partial charge in [-0.15, -0.1) is 0 Å². The molecule has 0 radical (unpaired) electrons. The van der Waals surface area contributed by atoms with E-state index in [0.717, 1.165) is 48.4 Å². The van der Waals surface area contributed by atoms with Crippen molar-refractivity contribution in [1.82, 2.24) is 4.90 Å². The van der Waals surface area contributed by atoms with E-state index in [4.69, 9.17) is 14.2 Å². The second kappa shape index (κ2) is 10.0. The molecule has 33 heavy (non-hydrogen) atoms. The van der Waals surface area contributed by atoms with E-state index >= 15 is 0 Å². The number of hydrogen-bond donors (Lipinski definition) is 2. The molecular weight excluding hydrogens is 420 g/mol. The number of rotatable bonds is 7. The molecule has 178 valence electrons. The molecule has 7 nitrogen and oxygen atoms in total. The molecule has 2 aromatic rings. The Morgan fingerprint density at radius 3 is 2.45 bits per heavy atom. The lowest BCUT2D eigenvalue weighted by Gasteiger charge is -2.52. The van der Waals surface area contributed by atoms with Crippen molar-refractivity contribution in [2.45, 2.75) is 43.7 Å². The number of methoxy groups -OCH3 is 3. The third-order valence-electron chi connectivity index (χ3n) is 7.15. The fraction of sp³-hybridized carbons (Fsp3) is 0.500. The summed E-state index contributed by atoms with van der Waals surface area (Å²) >= 11 is 0. The molecule has 0 unspecified atom stereocenters. The van der Waals surface area contributed by atoms with Gasteiger partial charge in [0.2, 0.25) is 5.91 Å². The Bertz CT molecular complexity index is 964. The van der Waals surface area contributed by atoms with Gasteiger partial charge >= 0.3 is 0 Å².